The number of carboxylic acids is 1. The van der Waals surface area contributed by atoms with E-state index in [2.05, 4.69) is 29.0 Å². The van der Waals surface area contributed by atoms with E-state index in [9.17, 15) is 4.79 Å². The molecule has 4 aromatic rings. The fourth-order valence-corrected chi connectivity index (χ4v) is 5.64. The molecular formula is C21H19ClN2O2S2. The van der Waals surface area contributed by atoms with Crippen LogP contribution in [0.15, 0.2) is 46.9 Å². The van der Waals surface area contributed by atoms with Gasteiger partial charge in [-0.25, -0.2) is 4.98 Å². The topological polar surface area (TPSA) is 55.1 Å². The number of hydrogen-bond donors (Lipinski definition) is 1. The maximum atomic E-state index is 10.8. The van der Waals surface area contributed by atoms with Crippen LogP contribution in [0.5, 0.6) is 0 Å². The van der Waals surface area contributed by atoms with Crippen molar-refractivity contribution in [1.82, 2.24) is 9.55 Å². The van der Waals surface area contributed by atoms with E-state index in [1.54, 1.807) is 23.1 Å². The molecule has 28 heavy (non-hydrogen) atoms. The number of carbonyl (C=O) groups is 1. The van der Waals surface area contributed by atoms with Gasteiger partial charge in [-0.2, -0.15) is 0 Å². The third-order valence-electron chi connectivity index (χ3n) is 4.67. The molecule has 1 N–H and O–H groups in total. The van der Waals surface area contributed by atoms with Crippen LogP contribution in [0.2, 0.25) is 5.02 Å². The second-order valence-electron chi connectivity index (χ2n) is 6.64. The highest BCUT2D eigenvalue weighted by Crippen LogP contribution is 2.36. The second kappa shape index (κ2) is 8.15. The quantitative estimate of drug-likeness (QED) is 0.279. The number of thioether (sulfide) groups is 1. The largest absolute Gasteiger partial charge is 0.481 e. The Balaban J connectivity index is 1.71. The summed E-state index contributed by atoms with van der Waals surface area (Å²) in [7, 11) is 0. The lowest BCUT2D eigenvalue weighted by atomic mass is 10.1. The minimum atomic E-state index is -0.758. The number of aromatic nitrogens is 2. The fourth-order valence-electron chi connectivity index (χ4n) is 3.35. The number of carboxylic acid groups (broad SMARTS) is 1. The van der Waals surface area contributed by atoms with Crippen LogP contribution in [0.3, 0.4) is 0 Å². The van der Waals surface area contributed by atoms with E-state index in [0.717, 1.165) is 31.7 Å². The number of aliphatic carboxylic acids is 1. The van der Waals surface area contributed by atoms with E-state index in [1.165, 1.54) is 16.5 Å². The number of rotatable bonds is 7. The van der Waals surface area contributed by atoms with Crippen LogP contribution in [0.1, 0.15) is 24.0 Å². The molecule has 0 atom stereocenters. The second-order valence-corrected chi connectivity index (χ2v) is 8.99. The molecule has 2 aromatic carbocycles. The highest BCUT2D eigenvalue weighted by Gasteiger charge is 2.15. The number of aryl methyl sites for hydroxylation is 1. The van der Waals surface area contributed by atoms with Gasteiger partial charge in [0.2, 0.25) is 0 Å². The van der Waals surface area contributed by atoms with Gasteiger partial charge in [0, 0.05) is 17.6 Å². The van der Waals surface area contributed by atoms with E-state index in [0.29, 0.717) is 13.0 Å². The van der Waals surface area contributed by atoms with Crippen molar-refractivity contribution in [1.29, 1.82) is 0 Å². The van der Waals surface area contributed by atoms with Crippen LogP contribution in [0.25, 0.3) is 21.1 Å². The lowest BCUT2D eigenvalue weighted by Crippen LogP contribution is -2.02. The van der Waals surface area contributed by atoms with Crippen molar-refractivity contribution in [3.63, 3.8) is 0 Å². The zero-order chi connectivity index (χ0) is 19.7. The minimum Gasteiger partial charge on any atom is -0.481 e. The van der Waals surface area contributed by atoms with Crippen molar-refractivity contribution in [3.8, 4) is 0 Å². The highest BCUT2D eigenvalue weighted by atomic mass is 35.5. The van der Waals surface area contributed by atoms with Crippen LogP contribution in [-0.2, 0) is 11.3 Å². The zero-order valence-electron chi connectivity index (χ0n) is 15.3. The van der Waals surface area contributed by atoms with Gasteiger partial charge in [-0.15, -0.1) is 11.3 Å². The van der Waals surface area contributed by atoms with E-state index in [1.807, 2.05) is 24.3 Å². The first-order valence-corrected chi connectivity index (χ1v) is 11.2. The van der Waals surface area contributed by atoms with Crippen LogP contribution >= 0.6 is 34.7 Å². The summed E-state index contributed by atoms with van der Waals surface area (Å²) in [5.74, 6) is -0.0311. The summed E-state index contributed by atoms with van der Waals surface area (Å²) in [6.45, 7) is 2.82. The molecule has 2 aromatic heterocycles. The number of thiophene rings is 1. The van der Waals surface area contributed by atoms with Crippen molar-refractivity contribution < 1.29 is 9.90 Å². The van der Waals surface area contributed by atoms with Crippen molar-refractivity contribution in [2.24, 2.45) is 0 Å². The molecule has 0 unspecified atom stereocenters. The monoisotopic (exact) mass is 430 g/mol. The summed E-state index contributed by atoms with van der Waals surface area (Å²) in [6, 6.07) is 12.1. The first kappa shape index (κ1) is 19.3. The number of halogens is 1. The normalized spacial score (nSPS) is 11.5. The van der Waals surface area contributed by atoms with E-state index in [-0.39, 0.29) is 6.42 Å². The van der Waals surface area contributed by atoms with Crippen LogP contribution in [0, 0.1) is 6.92 Å². The summed E-state index contributed by atoms with van der Waals surface area (Å²) in [5.41, 5.74) is 4.49. The van der Waals surface area contributed by atoms with Gasteiger partial charge < -0.3 is 9.67 Å². The summed E-state index contributed by atoms with van der Waals surface area (Å²) in [6.07, 6.45) is 0.805. The Labute approximate surface area is 176 Å². The molecule has 144 valence electrons. The molecule has 0 radical (unpaired) electrons. The zero-order valence-corrected chi connectivity index (χ0v) is 17.7. The van der Waals surface area contributed by atoms with Crippen LogP contribution < -0.4 is 0 Å². The van der Waals surface area contributed by atoms with Gasteiger partial charge in [0.05, 0.1) is 27.3 Å². The first-order chi connectivity index (χ1) is 13.5. The van der Waals surface area contributed by atoms with Crippen molar-refractivity contribution in [2.75, 3.05) is 5.75 Å². The molecule has 4 nitrogen and oxygen atoms in total. The lowest BCUT2D eigenvalue weighted by Gasteiger charge is -2.10. The molecule has 0 aliphatic carbocycles. The molecule has 0 aliphatic heterocycles. The SMILES string of the molecule is Cc1ccc(Cl)c2scc(Cn3c(SCCCC(=O)O)nc4ccccc43)c12. The van der Waals surface area contributed by atoms with Crippen molar-refractivity contribution in [3.05, 3.63) is 57.9 Å². The van der Waals surface area contributed by atoms with Gasteiger partial charge in [-0.05, 0) is 48.1 Å². The molecule has 0 bridgehead atoms. The number of para-hydroxylation sites is 2. The van der Waals surface area contributed by atoms with E-state index >= 15 is 0 Å². The molecule has 0 saturated carbocycles. The molecular weight excluding hydrogens is 412 g/mol. The van der Waals surface area contributed by atoms with E-state index < -0.39 is 5.97 Å². The maximum absolute atomic E-state index is 10.8. The number of nitrogens with zero attached hydrogens (tertiary/aromatic N) is 2. The Morgan fingerprint density at radius 2 is 2.11 bits per heavy atom. The summed E-state index contributed by atoms with van der Waals surface area (Å²) < 4.78 is 3.35. The summed E-state index contributed by atoms with van der Waals surface area (Å²) in [5, 5.41) is 14.0. The molecule has 0 spiro atoms. The number of hydrogen-bond acceptors (Lipinski definition) is 4. The Morgan fingerprint density at radius 1 is 1.29 bits per heavy atom. The van der Waals surface area contributed by atoms with E-state index in [4.69, 9.17) is 21.7 Å². The third-order valence-corrected chi connectivity index (χ3v) is 7.22. The van der Waals surface area contributed by atoms with Crippen molar-refractivity contribution >= 4 is 61.8 Å². The maximum Gasteiger partial charge on any atom is 0.303 e. The fraction of sp³-hybridized carbons (Fsp3) is 0.238. The molecule has 2 heterocycles. The van der Waals surface area contributed by atoms with Gasteiger partial charge in [0.1, 0.15) is 0 Å². The number of benzene rings is 2. The van der Waals surface area contributed by atoms with Gasteiger partial charge in [0.25, 0.3) is 0 Å². The average Bonchev–Trinajstić information content (AvgIpc) is 3.25. The van der Waals surface area contributed by atoms with Gasteiger partial charge in [-0.3, -0.25) is 4.79 Å². The summed E-state index contributed by atoms with van der Waals surface area (Å²) >= 11 is 9.69. The minimum absolute atomic E-state index is 0.181. The molecule has 0 fully saturated rings. The molecule has 0 saturated heterocycles. The molecule has 4 rings (SSSR count). The molecule has 7 heteroatoms. The Hall–Kier alpha value is -2.02. The number of imidazole rings is 1. The molecule has 0 amide bonds. The molecule has 0 aliphatic rings. The van der Waals surface area contributed by atoms with Gasteiger partial charge in [-0.1, -0.05) is 41.6 Å². The standard InChI is InChI=1S/C21H19ClN2O2S2/c1-13-8-9-15(22)20-19(13)14(12-28-20)11-24-17-6-3-2-5-16(17)23-21(24)27-10-4-7-18(25)26/h2-3,5-6,8-9,12H,4,7,10-11H2,1H3,(H,25,26). The lowest BCUT2D eigenvalue weighted by molar-refractivity contribution is -0.137. The van der Waals surface area contributed by atoms with Crippen LogP contribution in [0.4, 0.5) is 0 Å². The smallest absolute Gasteiger partial charge is 0.303 e. The Kier molecular flexibility index (Phi) is 5.62. The predicted octanol–water partition coefficient (Wildman–Crippen LogP) is 6.22. The highest BCUT2D eigenvalue weighted by molar-refractivity contribution is 7.99. The first-order valence-electron chi connectivity index (χ1n) is 8.99. The summed E-state index contributed by atoms with van der Waals surface area (Å²) in [4.78, 5) is 15.6. The Morgan fingerprint density at radius 3 is 2.93 bits per heavy atom. The van der Waals surface area contributed by atoms with Gasteiger partial charge >= 0.3 is 5.97 Å². The average molecular weight is 431 g/mol. The predicted molar refractivity (Wildman–Crippen MR) is 118 cm³/mol. The van der Waals surface area contributed by atoms with Crippen molar-refractivity contribution in [2.45, 2.75) is 31.5 Å². The third kappa shape index (κ3) is 3.77. The van der Waals surface area contributed by atoms with Crippen LogP contribution in [-0.4, -0.2) is 26.4 Å². The van der Waals surface area contributed by atoms with Gasteiger partial charge in [0.15, 0.2) is 5.16 Å². The Bertz CT molecular complexity index is 1170. The number of fused-ring (bicyclic) bond motifs is 2.